The van der Waals surface area contributed by atoms with Crippen molar-refractivity contribution in [2.75, 3.05) is 47.6 Å². The third kappa shape index (κ3) is 2.75. The summed E-state index contributed by atoms with van der Waals surface area (Å²) < 4.78 is 27.8. The fourth-order valence-corrected chi connectivity index (χ4v) is 2.95. The van der Waals surface area contributed by atoms with E-state index in [1.807, 2.05) is 0 Å². The molecule has 0 bridgehead atoms. The normalized spacial score (nSPS) is 20.2. The molecule has 1 unspecified atom stereocenters. The average molecular weight is 332 g/mol. The highest BCUT2D eigenvalue weighted by Gasteiger charge is 2.34. The molecule has 7 heteroatoms. The van der Waals surface area contributed by atoms with Crippen LogP contribution in [-0.2, 0) is 4.74 Å². The van der Waals surface area contributed by atoms with E-state index in [4.69, 9.17) is 23.7 Å². The Morgan fingerprint density at radius 1 is 1.12 bits per heavy atom. The Kier molecular flexibility index (Phi) is 4.79. The summed E-state index contributed by atoms with van der Waals surface area (Å²) in [5.41, 5.74) is 1.20. The molecule has 1 atom stereocenters. The first-order valence-electron chi connectivity index (χ1n) is 7.66. The van der Waals surface area contributed by atoms with Gasteiger partial charge in [0.15, 0.2) is 17.7 Å². The molecule has 0 saturated carbocycles. The van der Waals surface area contributed by atoms with E-state index in [1.54, 1.807) is 33.5 Å². The second kappa shape index (κ2) is 6.99. The molecule has 3 rings (SSSR count). The first kappa shape index (κ1) is 16.4. The molecule has 2 aliphatic heterocycles. The number of rotatable bonds is 4. The third-order valence-electron chi connectivity index (χ3n) is 4.15. The summed E-state index contributed by atoms with van der Waals surface area (Å²) in [6.45, 7) is 2.62. The van der Waals surface area contributed by atoms with E-state index in [0.717, 1.165) is 0 Å². The molecule has 0 N–H and O–H groups in total. The van der Waals surface area contributed by atoms with Crippen molar-refractivity contribution in [3.63, 3.8) is 0 Å². The maximum atomic E-state index is 9.56. The van der Waals surface area contributed by atoms with Gasteiger partial charge in [-0.2, -0.15) is 5.26 Å². The van der Waals surface area contributed by atoms with E-state index < -0.39 is 6.23 Å². The lowest BCUT2D eigenvalue weighted by molar-refractivity contribution is -0.0298. The Labute approximate surface area is 140 Å². The van der Waals surface area contributed by atoms with Gasteiger partial charge in [-0.25, -0.2) is 0 Å². The van der Waals surface area contributed by atoms with E-state index in [-0.39, 0.29) is 0 Å². The third-order valence-corrected chi connectivity index (χ3v) is 4.15. The first-order valence-corrected chi connectivity index (χ1v) is 7.66. The highest BCUT2D eigenvalue weighted by molar-refractivity contribution is 5.77. The topological polar surface area (TPSA) is 73.2 Å². The number of nitriles is 1. The molecule has 0 amide bonds. The molecule has 1 saturated heterocycles. The van der Waals surface area contributed by atoms with Gasteiger partial charge in [0.2, 0.25) is 5.75 Å². The number of ether oxygens (including phenoxy) is 5. The predicted octanol–water partition coefficient (Wildman–Crippen LogP) is 1.67. The van der Waals surface area contributed by atoms with E-state index in [0.29, 0.717) is 60.4 Å². The first-order chi connectivity index (χ1) is 11.7. The van der Waals surface area contributed by atoms with Gasteiger partial charge >= 0.3 is 0 Å². The molecule has 1 aromatic rings. The van der Waals surface area contributed by atoms with Gasteiger partial charge in [-0.15, -0.1) is 0 Å². The maximum Gasteiger partial charge on any atom is 0.204 e. The fourth-order valence-electron chi connectivity index (χ4n) is 2.95. The van der Waals surface area contributed by atoms with Gasteiger partial charge in [0, 0.05) is 19.2 Å². The van der Waals surface area contributed by atoms with Crippen LogP contribution in [-0.4, -0.2) is 58.8 Å². The Hall–Kier alpha value is -2.43. The molecule has 0 aliphatic carbocycles. The number of fused-ring (bicyclic) bond motifs is 1. The number of hydrogen-bond donors (Lipinski definition) is 0. The van der Waals surface area contributed by atoms with Crippen molar-refractivity contribution in [3.05, 3.63) is 17.2 Å². The summed E-state index contributed by atoms with van der Waals surface area (Å²) in [6.07, 6.45) is 1.32. The lowest BCUT2D eigenvalue weighted by Gasteiger charge is -2.36. The quantitative estimate of drug-likeness (QED) is 0.830. The van der Waals surface area contributed by atoms with Crippen LogP contribution in [0.15, 0.2) is 11.6 Å². The van der Waals surface area contributed by atoms with E-state index in [2.05, 4.69) is 11.0 Å². The SMILES string of the molecule is COc1cc(OC)c(OC)c2c1C=C(C#N)C(N1CCOCC1)O2. The smallest absolute Gasteiger partial charge is 0.204 e. The minimum absolute atomic E-state index is 0.475. The van der Waals surface area contributed by atoms with E-state index in [9.17, 15) is 5.26 Å². The van der Waals surface area contributed by atoms with Crippen LogP contribution in [0.5, 0.6) is 23.0 Å². The van der Waals surface area contributed by atoms with Crippen LogP contribution in [0.2, 0.25) is 0 Å². The second-order valence-corrected chi connectivity index (χ2v) is 5.39. The van der Waals surface area contributed by atoms with Gasteiger partial charge in [-0.1, -0.05) is 0 Å². The lowest BCUT2D eigenvalue weighted by atomic mass is 10.0. The Morgan fingerprint density at radius 2 is 1.83 bits per heavy atom. The summed E-state index contributed by atoms with van der Waals surface area (Å²) in [4.78, 5) is 2.08. The van der Waals surface area contributed by atoms with Crippen LogP contribution in [0.3, 0.4) is 0 Å². The van der Waals surface area contributed by atoms with Crippen LogP contribution < -0.4 is 18.9 Å². The number of benzene rings is 1. The minimum atomic E-state index is -0.475. The Morgan fingerprint density at radius 3 is 2.42 bits per heavy atom. The molecule has 2 heterocycles. The predicted molar refractivity (Wildman–Crippen MR) is 86.5 cm³/mol. The molecule has 0 spiro atoms. The van der Waals surface area contributed by atoms with Crippen LogP contribution >= 0.6 is 0 Å². The van der Waals surface area contributed by atoms with Crippen molar-refractivity contribution in [2.24, 2.45) is 0 Å². The summed E-state index contributed by atoms with van der Waals surface area (Å²) in [6, 6.07) is 3.96. The van der Waals surface area contributed by atoms with Crippen molar-refractivity contribution < 1.29 is 23.7 Å². The maximum absolute atomic E-state index is 9.56. The number of hydrogen-bond acceptors (Lipinski definition) is 7. The molecule has 128 valence electrons. The molecular weight excluding hydrogens is 312 g/mol. The average Bonchev–Trinajstić information content (AvgIpc) is 2.66. The summed E-state index contributed by atoms with van der Waals surface area (Å²) >= 11 is 0. The van der Waals surface area contributed by atoms with Gasteiger partial charge in [-0.05, 0) is 6.08 Å². The highest BCUT2D eigenvalue weighted by Crippen LogP contribution is 2.49. The van der Waals surface area contributed by atoms with Crippen LogP contribution in [0, 0.1) is 11.3 Å². The number of nitrogens with zero attached hydrogens (tertiary/aromatic N) is 2. The molecule has 2 aliphatic rings. The second-order valence-electron chi connectivity index (χ2n) is 5.39. The van der Waals surface area contributed by atoms with E-state index in [1.165, 1.54) is 0 Å². The van der Waals surface area contributed by atoms with Crippen molar-refractivity contribution in [1.82, 2.24) is 4.90 Å². The van der Waals surface area contributed by atoms with Gasteiger partial charge in [0.05, 0.1) is 45.7 Å². The molecule has 7 nitrogen and oxygen atoms in total. The van der Waals surface area contributed by atoms with Gasteiger partial charge in [-0.3, -0.25) is 4.90 Å². The van der Waals surface area contributed by atoms with Gasteiger partial charge in [0.25, 0.3) is 0 Å². The van der Waals surface area contributed by atoms with Crippen molar-refractivity contribution >= 4 is 6.08 Å². The zero-order chi connectivity index (χ0) is 17.1. The van der Waals surface area contributed by atoms with Gasteiger partial charge in [0.1, 0.15) is 11.8 Å². The van der Waals surface area contributed by atoms with Crippen LogP contribution in [0.4, 0.5) is 0 Å². The highest BCUT2D eigenvalue weighted by atomic mass is 16.6. The molecule has 1 fully saturated rings. The lowest BCUT2D eigenvalue weighted by Crippen LogP contribution is -2.47. The Balaban J connectivity index is 2.10. The molecule has 0 aromatic heterocycles. The Bertz CT molecular complexity index is 689. The number of methoxy groups -OCH3 is 3. The molecule has 0 radical (unpaired) electrons. The summed E-state index contributed by atoms with van der Waals surface area (Å²) in [5, 5.41) is 9.56. The molecule has 1 aromatic carbocycles. The summed E-state index contributed by atoms with van der Waals surface area (Å²) in [5.74, 6) is 2.09. The largest absolute Gasteiger partial charge is 0.496 e. The monoisotopic (exact) mass is 332 g/mol. The fraction of sp³-hybridized carbons (Fsp3) is 0.471. The minimum Gasteiger partial charge on any atom is -0.496 e. The standard InChI is InChI=1S/C17H20N2O5/c1-20-13-9-14(21-2)16(22-3)15-12(13)8-11(10-18)17(24-15)19-4-6-23-7-5-19/h8-9,17H,4-7H2,1-3H3. The zero-order valence-corrected chi connectivity index (χ0v) is 14.0. The molecular formula is C17H20N2O5. The zero-order valence-electron chi connectivity index (χ0n) is 14.0. The van der Waals surface area contributed by atoms with Gasteiger partial charge < -0.3 is 23.7 Å². The van der Waals surface area contributed by atoms with Crippen LogP contribution in [0.25, 0.3) is 6.08 Å². The van der Waals surface area contributed by atoms with Crippen molar-refractivity contribution in [2.45, 2.75) is 6.23 Å². The van der Waals surface area contributed by atoms with Crippen LogP contribution in [0.1, 0.15) is 5.56 Å². The molecule has 24 heavy (non-hydrogen) atoms. The number of morpholine rings is 1. The summed E-state index contributed by atoms with van der Waals surface area (Å²) in [7, 11) is 4.68. The van der Waals surface area contributed by atoms with Crippen molar-refractivity contribution in [1.29, 1.82) is 5.26 Å². The van der Waals surface area contributed by atoms with E-state index >= 15 is 0 Å². The van der Waals surface area contributed by atoms with Crippen molar-refractivity contribution in [3.8, 4) is 29.1 Å².